The maximum absolute atomic E-state index is 13.2. The van der Waals surface area contributed by atoms with Gasteiger partial charge in [0.05, 0.1) is 25.4 Å². The van der Waals surface area contributed by atoms with Crippen molar-refractivity contribution in [3.05, 3.63) is 52.2 Å². The Bertz CT molecular complexity index is 1470. The van der Waals surface area contributed by atoms with Crippen LogP contribution >= 0.6 is 0 Å². The van der Waals surface area contributed by atoms with Gasteiger partial charge in [-0.15, -0.1) is 0 Å². The molecule has 42 heavy (non-hydrogen) atoms. The number of benzene rings is 2. The molecule has 0 unspecified atom stereocenters. The summed E-state index contributed by atoms with van der Waals surface area (Å²) in [6.07, 6.45) is -16.0. The molecule has 0 radical (unpaired) electrons. The zero-order valence-electron chi connectivity index (χ0n) is 22.5. The average Bonchev–Trinajstić information content (AvgIpc) is 2.97. The number of ether oxygens (including phenoxy) is 4. The molecule has 3 aromatic rings. The Hall–Kier alpha value is -3.31. The molecular formula is C28H32O14. The number of methoxy groups -OCH3 is 1. The van der Waals surface area contributed by atoms with E-state index in [2.05, 4.69) is 0 Å². The number of hydrogen-bond donors (Lipinski definition) is 8. The van der Waals surface area contributed by atoms with Crippen molar-refractivity contribution in [1.29, 1.82) is 0 Å². The Balaban J connectivity index is 1.58. The molecule has 1 aromatic heterocycles. The molecule has 2 aromatic carbocycles. The van der Waals surface area contributed by atoms with Crippen LogP contribution in [-0.4, -0.2) is 110 Å². The number of aliphatic hydroxyl groups excluding tert-OH is 6. The first-order chi connectivity index (χ1) is 20.0. The normalized spacial score (nSPS) is 33.5. The first-order valence-electron chi connectivity index (χ1n) is 13.1. The molecule has 2 aliphatic rings. The molecule has 2 aliphatic heterocycles. The number of hydrogen-bond acceptors (Lipinski definition) is 14. The van der Waals surface area contributed by atoms with Crippen LogP contribution < -0.4 is 10.2 Å². The summed E-state index contributed by atoms with van der Waals surface area (Å²) in [5, 5.41) is 83.9. The van der Waals surface area contributed by atoms with E-state index >= 15 is 0 Å². The summed E-state index contributed by atoms with van der Waals surface area (Å²) in [4.78, 5) is 13.2. The van der Waals surface area contributed by atoms with Gasteiger partial charge in [0.15, 0.2) is 11.7 Å². The minimum Gasteiger partial charge on any atom is -0.507 e. The smallest absolute Gasteiger partial charge is 0.197 e. The molecule has 228 valence electrons. The van der Waals surface area contributed by atoms with Crippen molar-refractivity contribution in [2.75, 3.05) is 13.7 Å². The van der Waals surface area contributed by atoms with E-state index in [1.54, 1.807) is 24.3 Å². The summed E-state index contributed by atoms with van der Waals surface area (Å²) >= 11 is 0. The molecular weight excluding hydrogens is 560 g/mol. The monoisotopic (exact) mass is 592 g/mol. The average molecular weight is 593 g/mol. The van der Waals surface area contributed by atoms with E-state index in [-0.39, 0.29) is 16.7 Å². The molecule has 0 saturated carbocycles. The molecule has 0 spiro atoms. The topological polar surface area (TPSA) is 229 Å². The van der Waals surface area contributed by atoms with E-state index in [1.165, 1.54) is 14.0 Å². The molecule has 2 saturated heterocycles. The summed E-state index contributed by atoms with van der Waals surface area (Å²) in [7, 11) is 1.50. The van der Waals surface area contributed by atoms with Gasteiger partial charge in [-0.25, -0.2) is 0 Å². The van der Waals surface area contributed by atoms with Crippen molar-refractivity contribution in [1.82, 2.24) is 0 Å². The largest absolute Gasteiger partial charge is 0.507 e. The van der Waals surface area contributed by atoms with Crippen LogP contribution in [0.1, 0.15) is 18.6 Å². The van der Waals surface area contributed by atoms with Crippen molar-refractivity contribution in [2.24, 2.45) is 0 Å². The number of phenols is 2. The predicted molar refractivity (Wildman–Crippen MR) is 142 cm³/mol. The summed E-state index contributed by atoms with van der Waals surface area (Å²) in [6, 6.07) is 8.80. The highest BCUT2D eigenvalue weighted by atomic mass is 16.7. The fraction of sp³-hybridized carbons (Fsp3) is 0.464. The lowest BCUT2D eigenvalue weighted by Crippen LogP contribution is -2.61. The molecule has 2 fully saturated rings. The summed E-state index contributed by atoms with van der Waals surface area (Å²) in [5.74, 6) is -0.726. The van der Waals surface area contributed by atoms with Crippen molar-refractivity contribution >= 4 is 11.0 Å². The third-order valence-electron chi connectivity index (χ3n) is 7.64. The van der Waals surface area contributed by atoms with E-state index in [9.17, 15) is 45.6 Å². The Morgan fingerprint density at radius 1 is 0.881 bits per heavy atom. The molecule has 14 heteroatoms. The zero-order chi connectivity index (χ0) is 30.5. The SMILES string of the molecule is COc1ccc(-c2cc(=O)c3c(O)c([C@@H]4O[C@@H](CO)[C@@H](O)[C@H](O)[C@H]4O[C@@H]4O[C@@H](C)[C@H](O)[C@H](O)[C@H]4O)c(O)cc3o2)cc1. The van der Waals surface area contributed by atoms with Gasteiger partial charge in [-0.3, -0.25) is 4.79 Å². The Morgan fingerprint density at radius 3 is 2.21 bits per heavy atom. The first kappa shape index (κ1) is 30.2. The predicted octanol–water partition coefficient (Wildman–Crippen LogP) is -0.754. The van der Waals surface area contributed by atoms with Crippen molar-refractivity contribution in [3.8, 4) is 28.6 Å². The van der Waals surface area contributed by atoms with Crippen LogP contribution in [0.3, 0.4) is 0 Å². The quantitative estimate of drug-likeness (QED) is 0.176. The highest BCUT2D eigenvalue weighted by Crippen LogP contribution is 2.46. The second kappa shape index (κ2) is 11.8. The minimum atomic E-state index is -1.85. The van der Waals surface area contributed by atoms with Gasteiger partial charge < -0.3 is 64.2 Å². The standard InChI is InChI=1S/C28H32O14/c1-10-20(32)23(35)25(37)28(39-10)42-27-24(36)21(33)17(9-29)41-26(27)19-14(31)8-16-18(22(19)34)13(30)7-15(40-16)11-3-5-12(38-2)6-4-11/h3-8,10,17,20-21,23-29,31-37H,9H2,1-2H3/t10-,17-,20-,21+,23-,24-,25+,26-,27+,28-/m0/s1. The third-order valence-corrected chi connectivity index (χ3v) is 7.64. The summed E-state index contributed by atoms with van der Waals surface area (Å²) in [6.45, 7) is 0.618. The second-order valence-electron chi connectivity index (χ2n) is 10.3. The third kappa shape index (κ3) is 5.21. The maximum atomic E-state index is 13.2. The molecule has 0 bridgehead atoms. The number of aromatic hydroxyl groups is 2. The molecule has 8 N–H and O–H groups in total. The zero-order valence-corrected chi connectivity index (χ0v) is 22.5. The Morgan fingerprint density at radius 2 is 1.57 bits per heavy atom. The molecule has 14 nitrogen and oxygen atoms in total. The lowest BCUT2D eigenvalue weighted by atomic mass is 9.89. The van der Waals surface area contributed by atoms with Crippen molar-refractivity contribution < 1.29 is 64.2 Å². The van der Waals surface area contributed by atoms with Crippen LogP contribution in [0.15, 0.2) is 45.6 Å². The number of fused-ring (bicyclic) bond motifs is 1. The molecule has 5 rings (SSSR count). The highest BCUT2D eigenvalue weighted by Gasteiger charge is 2.51. The molecule has 0 amide bonds. The fourth-order valence-corrected chi connectivity index (χ4v) is 5.24. The van der Waals surface area contributed by atoms with E-state index in [0.29, 0.717) is 11.3 Å². The number of aliphatic hydroxyl groups is 6. The number of phenolic OH excluding ortho intramolecular Hbond substituents is 2. The highest BCUT2D eigenvalue weighted by molar-refractivity contribution is 5.88. The minimum absolute atomic E-state index is 0.133. The summed E-state index contributed by atoms with van der Waals surface area (Å²) < 4.78 is 27.9. The van der Waals surface area contributed by atoms with Crippen molar-refractivity contribution in [2.45, 2.75) is 68.1 Å². The fourth-order valence-electron chi connectivity index (χ4n) is 5.24. The van der Waals surface area contributed by atoms with Crippen molar-refractivity contribution in [3.63, 3.8) is 0 Å². The van der Waals surface area contributed by atoms with Gasteiger partial charge in [0.1, 0.15) is 82.8 Å². The van der Waals surface area contributed by atoms with Gasteiger partial charge in [0, 0.05) is 17.7 Å². The van der Waals surface area contributed by atoms with Gasteiger partial charge >= 0.3 is 0 Å². The lowest BCUT2D eigenvalue weighted by molar-refractivity contribution is -0.338. The van der Waals surface area contributed by atoms with Gasteiger partial charge in [0.25, 0.3) is 0 Å². The Kier molecular flexibility index (Phi) is 8.44. The molecule has 0 aliphatic carbocycles. The van der Waals surface area contributed by atoms with E-state index in [0.717, 1.165) is 12.1 Å². The van der Waals surface area contributed by atoms with E-state index < -0.39 is 90.3 Å². The molecule has 10 atom stereocenters. The summed E-state index contributed by atoms with van der Waals surface area (Å²) in [5.41, 5.74) is -0.806. The van der Waals surface area contributed by atoms with Crippen LogP contribution in [0.4, 0.5) is 0 Å². The van der Waals surface area contributed by atoms with Crippen LogP contribution in [0.2, 0.25) is 0 Å². The first-order valence-corrected chi connectivity index (χ1v) is 13.1. The van der Waals surface area contributed by atoms with E-state index in [4.69, 9.17) is 23.4 Å². The van der Waals surface area contributed by atoms with Crippen LogP contribution in [-0.2, 0) is 14.2 Å². The van der Waals surface area contributed by atoms with Gasteiger partial charge in [-0.2, -0.15) is 0 Å². The van der Waals surface area contributed by atoms with E-state index in [1.807, 2.05) is 0 Å². The number of rotatable bonds is 6. The lowest BCUT2D eigenvalue weighted by Gasteiger charge is -2.46. The molecule has 3 heterocycles. The van der Waals surface area contributed by atoms with Crippen LogP contribution in [0.25, 0.3) is 22.3 Å². The second-order valence-corrected chi connectivity index (χ2v) is 10.3. The van der Waals surface area contributed by atoms with Gasteiger partial charge in [-0.1, -0.05) is 0 Å². The van der Waals surface area contributed by atoms with Crippen LogP contribution in [0.5, 0.6) is 17.2 Å². The van der Waals surface area contributed by atoms with Gasteiger partial charge in [0.2, 0.25) is 0 Å². The Labute approximate surface area is 238 Å². The van der Waals surface area contributed by atoms with Gasteiger partial charge in [-0.05, 0) is 31.2 Å². The maximum Gasteiger partial charge on any atom is 0.197 e. The van der Waals surface area contributed by atoms with Crippen LogP contribution in [0, 0.1) is 0 Å².